The number of nitrogens with one attached hydrogen (secondary N) is 1. The van der Waals surface area contributed by atoms with Gasteiger partial charge in [0, 0.05) is 12.2 Å². The summed E-state index contributed by atoms with van der Waals surface area (Å²) in [6.07, 6.45) is 0. The first-order valence-corrected chi connectivity index (χ1v) is 6.87. The average Bonchev–Trinajstić information content (AvgIpc) is 2.28. The summed E-state index contributed by atoms with van der Waals surface area (Å²) < 4.78 is 0. The fourth-order valence-corrected chi connectivity index (χ4v) is 2.15. The molecule has 0 saturated heterocycles. The molecule has 1 aromatic rings. The van der Waals surface area contributed by atoms with Crippen LogP contribution in [0.25, 0.3) is 0 Å². The summed E-state index contributed by atoms with van der Waals surface area (Å²) in [5.74, 6) is 0.106. The van der Waals surface area contributed by atoms with Gasteiger partial charge in [-0.15, -0.1) is 0 Å². The monoisotopic (exact) mass is 262 g/mol. The van der Waals surface area contributed by atoms with Gasteiger partial charge in [-0.3, -0.25) is 4.79 Å². The third-order valence-corrected chi connectivity index (χ3v) is 3.39. The van der Waals surface area contributed by atoms with Gasteiger partial charge < -0.3 is 11.1 Å². The molecule has 0 spiro atoms. The van der Waals surface area contributed by atoms with Crippen molar-refractivity contribution in [3.05, 3.63) is 29.8 Å². The summed E-state index contributed by atoms with van der Waals surface area (Å²) in [5, 5.41) is 3.03. The lowest BCUT2D eigenvalue weighted by atomic mass is 9.85. The largest absolute Gasteiger partial charge is 0.330 e. The molecule has 0 aliphatic carbocycles. The highest BCUT2D eigenvalue weighted by molar-refractivity contribution is 5.93. The molecule has 3 heteroatoms. The van der Waals surface area contributed by atoms with E-state index in [0.29, 0.717) is 6.54 Å². The normalized spacial score (nSPS) is 13.4. The van der Waals surface area contributed by atoms with Crippen molar-refractivity contribution in [1.82, 2.24) is 0 Å². The number of para-hydroxylation sites is 1. The number of carbonyl (C=O) groups is 1. The number of rotatable bonds is 4. The highest BCUT2D eigenvalue weighted by Gasteiger charge is 2.23. The van der Waals surface area contributed by atoms with Gasteiger partial charge in [-0.25, -0.2) is 0 Å². The van der Waals surface area contributed by atoms with Gasteiger partial charge in [0.25, 0.3) is 0 Å². The molecule has 1 atom stereocenters. The Balaban J connectivity index is 2.97. The maximum Gasteiger partial charge on any atom is 0.229 e. The Hall–Kier alpha value is -1.35. The number of benzene rings is 1. The van der Waals surface area contributed by atoms with Crippen molar-refractivity contribution < 1.29 is 4.79 Å². The molecule has 1 amide bonds. The molecular formula is C16H26N2O. The molecule has 0 saturated carbocycles. The fourth-order valence-electron chi connectivity index (χ4n) is 2.15. The maximum atomic E-state index is 12.3. The number of nitrogens with two attached hydrogens (primary N) is 1. The van der Waals surface area contributed by atoms with E-state index in [1.54, 1.807) is 0 Å². The topological polar surface area (TPSA) is 55.1 Å². The van der Waals surface area contributed by atoms with Gasteiger partial charge in [0.1, 0.15) is 0 Å². The van der Waals surface area contributed by atoms with Crippen molar-refractivity contribution >= 4 is 11.6 Å². The van der Waals surface area contributed by atoms with Gasteiger partial charge in [0.05, 0.1) is 5.92 Å². The van der Waals surface area contributed by atoms with Crippen LogP contribution in [0.3, 0.4) is 0 Å². The third kappa shape index (κ3) is 4.06. The molecule has 1 unspecified atom stereocenters. The zero-order valence-electron chi connectivity index (χ0n) is 12.7. The van der Waals surface area contributed by atoms with Crippen molar-refractivity contribution in [3.8, 4) is 0 Å². The highest BCUT2D eigenvalue weighted by Crippen LogP contribution is 2.29. The Morgan fingerprint density at radius 1 is 1.26 bits per heavy atom. The molecule has 1 rings (SSSR count). The third-order valence-electron chi connectivity index (χ3n) is 3.39. The van der Waals surface area contributed by atoms with E-state index in [9.17, 15) is 4.79 Å². The van der Waals surface area contributed by atoms with Crippen LogP contribution in [0.1, 0.15) is 40.2 Å². The van der Waals surface area contributed by atoms with Crippen LogP contribution in [0.4, 0.5) is 5.69 Å². The molecule has 0 bridgehead atoms. The van der Waals surface area contributed by atoms with Gasteiger partial charge in [-0.2, -0.15) is 0 Å². The van der Waals surface area contributed by atoms with Gasteiger partial charge in [-0.1, -0.05) is 52.8 Å². The van der Waals surface area contributed by atoms with Crippen molar-refractivity contribution in [2.45, 2.75) is 40.0 Å². The van der Waals surface area contributed by atoms with Crippen LogP contribution < -0.4 is 11.1 Å². The first-order chi connectivity index (χ1) is 8.77. The van der Waals surface area contributed by atoms with Gasteiger partial charge in [-0.05, 0) is 23.0 Å². The molecule has 3 N–H and O–H groups in total. The van der Waals surface area contributed by atoms with Crippen LogP contribution in [-0.2, 0) is 10.2 Å². The van der Waals surface area contributed by atoms with E-state index in [1.165, 1.54) is 0 Å². The summed E-state index contributed by atoms with van der Waals surface area (Å²) in [5.41, 5.74) is 7.72. The zero-order chi connectivity index (χ0) is 14.6. The van der Waals surface area contributed by atoms with Crippen molar-refractivity contribution in [1.29, 1.82) is 0 Å². The minimum absolute atomic E-state index is 0.0000840. The Bertz CT molecular complexity index is 433. The molecule has 0 fully saturated rings. The Morgan fingerprint density at radius 2 is 1.84 bits per heavy atom. The standard InChI is InChI=1S/C16H26N2O/c1-11(2)12(10-17)15(19)18-14-9-7-6-8-13(14)16(3,4)5/h6-9,11-12H,10,17H2,1-5H3,(H,18,19). The van der Waals surface area contributed by atoms with E-state index in [2.05, 4.69) is 32.2 Å². The molecule has 0 radical (unpaired) electrons. The Kier molecular flexibility index (Phi) is 5.12. The number of carbonyl (C=O) groups excluding carboxylic acids is 1. The van der Waals surface area contributed by atoms with Gasteiger partial charge in [0.15, 0.2) is 0 Å². The predicted molar refractivity (Wildman–Crippen MR) is 81.2 cm³/mol. The summed E-state index contributed by atoms with van der Waals surface area (Å²) in [4.78, 5) is 12.3. The van der Waals surface area contributed by atoms with E-state index in [4.69, 9.17) is 5.73 Å². The molecule has 0 aromatic heterocycles. The van der Waals surface area contributed by atoms with Crippen molar-refractivity contribution in [3.63, 3.8) is 0 Å². The minimum Gasteiger partial charge on any atom is -0.330 e. The lowest BCUT2D eigenvalue weighted by Gasteiger charge is -2.25. The summed E-state index contributed by atoms with van der Waals surface area (Å²) in [7, 11) is 0. The van der Waals surface area contributed by atoms with Crippen LogP contribution >= 0.6 is 0 Å². The first kappa shape index (κ1) is 15.7. The average molecular weight is 262 g/mol. The van der Waals surface area contributed by atoms with Crippen molar-refractivity contribution in [2.75, 3.05) is 11.9 Å². The maximum absolute atomic E-state index is 12.3. The quantitative estimate of drug-likeness (QED) is 0.875. The lowest BCUT2D eigenvalue weighted by molar-refractivity contribution is -0.120. The number of hydrogen-bond donors (Lipinski definition) is 2. The zero-order valence-corrected chi connectivity index (χ0v) is 12.7. The Morgan fingerprint density at radius 3 is 2.32 bits per heavy atom. The summed E-state index contributed by atoms with van der Waals surface area (Å²) >= 11 is 0. The second-order valence-corrected chi connectivity index (χ2v) is 6.37. The fraction of sp³-hybridized carbons (Fsp3) is 0.562. The van der Waals surface area contributed by atoms with Crippen LogP contribution in [0.15, 0.2) is 24.3 Å². The van der Waals surface area contributed by atoms with Gasteiger partial charge in [0.2, 0.25) is 5.91 Å². The number of amides is 1. The lowest BCUT2D eigenvalue weighted by Crippen LogP contribution is -2.33. The number of hydrogen-bond acceptors (Lipinski definition) is 2. The molecule has 19 heavy (non-hydrogen) atoms. The van der Waals surface area contributed by atoms with Crippen molar-refractivity contribution in [2.24, 2.45) is 17.6 Å². The van der Waals surface area contributed by atoms with Crippen LogP contribution in [0, 0.1) is 11.8 Å². The first-order valence-electron chi connectivity index (χ1n) is 6.87. The highest BCUT2D eigenvalue weighted by atomic mass is 16.1. The molecule has 106 valence electrons. The van der Waals surface area contributed by atoms with Crippen LogP contribution in [0.5, 0.6) is 0 Å². The minimum atomic E-state index is -0.145. The SMILES string of the molecule is CC(C)C(CN)C(=O)Nc1ccccc1C(C)(C)C. The van der Waals surface area contributed by atoms with E-state index >= 15 is 0 Å². The van der Waals surface area contributed by atoms with Crippen LogP contribution in [-0.4, -0.2) is 12.5 Å². The smallest absolute Gasteiger partial charge is 0.229 e. The molecule has 0 aliphatic heterocycles. The second kappa shape index (κ2) is 6.20. The van der Waals surface area contributed by atoms with E-state index < -0.39 is 0 Å². The van der Waals surface area contributed by atoms with Crippen LogP contribution in [0.2, 0.25) is 0 Å². The Labute approximate surface area is 116 Å². The van der Waals surface area contributed by atoms with E-state index in [-0.39, 0.29) is 23.2 Å². The molecular weight excluding hydrogens is 236 g/mol. The summed E-state index contributed by atoms with van der Waals surface area (Å²) in [6.45, 7) is 10.8. The number of anilines is 1. The van der Waals surface area contributed by atoms with E-state index in [1.807, 2.05) is 32.0 Å². The summed E-state index contributed by atoms with van der Waals surface area (Å²) in [6, 6.07) is 7.95. The second-order valence-electron chi connectivity index (χ2n) is 6.37. The molecule has 0 aliphatic rings. The molecule has 3 nitrogen and oxygen atoms in total. The molecule has 0 heterocycles. The predicted octanol–water partition coefficient (Wildman–Crippen LogP) is 3.15. The van der Waals surface area contributed by atoms with Gasteiger partial charge >= 0.3 is 0 Å². The van der Waals surface area contributed by atoms with E-state index in [0.717, 1.165) is 11.3 Å². The molecule has 1 aromatic carbocycles.